The molecular formula is C40H21N6S3+. The van der Waals surface area contributed by atoms with Crippen LogP contribution in [0.15, 0.2) is 114 Å². The molecule has 228 valence electrons. The van der Waals surface area contributed by atoms with Crippen molar-refractivity contribution in [3.63, 3.8) is 0 Å². The van der Waals surface area contributed by atoms with E-state index in [4.69, 9.17) is 0 Å². The molecule has 0 fully saturated rings. The number of hydrogen-bond donors (Lipinski definition) is 0. The summed E-state index contributed by atoms with van der Waals surface area (Å²) in [6.07, 6.45) is 4.20. The van der Waals surface area contributed by atoms with Crippen LogP contribution in [0.2, 0.25) is 0 Å². The van der Waals surface area contributed by atoms with Gasteiger partial charge in [-0.15, -0.1) is 22.7 Å². The lowest BCUT2D eigenvalue weighted by atomic mass is 10.00. The molecule has 9 heteroatoms. The predicted molar refractivity (Wildman–Crippen MR) is 194 cm³/mol. The molecule has 2 aromatic heterocycles. The predicted octanol–water partition coefficient (Wildman–Crippen LogP) is 9.17. The van der Waals surface area contributed by atoms with E-state index in [0.29, 0.717) is 16.7 Å². The number of hydrogen-bond acceptors (Lipinski definition) is 8. The fraction of sp³-hybridized carbons (Fsp3) is 0.0750. The number of allylic oxidation sites excluding steroid dienone is 2. The maximum atomic E-state index is 9.29. The van der Waals surface area contributed by atoms with Crippen molar-refractivity contribution < 1.29 is 0 Å². The molecular weight excluding hydrogens is 661 g/mol. The summed E-state index contributed by atoms with van der Waals surface area (Å²) in [6.45, 7) is 0. The second-order valence-corrected chi connectivity index (χ2v) is 14.1. The smallest absolute Gasteiger partial charge is 0.196 e. The standard InChI is InChI=1S/C40H21N6S3/c41-19-31(20-42)25-1-7-28(8-2-25)34-13-16-37(47-34)40(38-17-14-35(48-38)29-9-3-26(4-10-29)32(21-43)22-44)39-18-15-36(49-39)30-11-5-27(6-12-30)33(23-45)24-46/h1-18,31-33H/q+1. The Morgan fingerprint density at radius 2 is 0.816 bits per heavy atom. The van der Waals surface area contributed by atoms with Crippen molar-refractivity contribution in [2.75, 3.05) is 0 Å². The van der Waals surface area contributed by atoms with Gasteiger partial charge in [0.05, 0.1) is 42.0 Å². The SMILES string of the molecule is N#CC(C#N)c1ccc(C2=[S+]C(=C(c3ccc(-c4ccc(C(C#N)C#N)cc4)s3)c3ccc(-c4ccc(C(C#N)C#N)cc4)s3)C=C2)cc1. The van der Waals surface area contributed by atoms with Crippen molar-refractivity contribution in [3.05, 3.63) is 146 Å². The van der Waals surface area contributed by atoms with Gasteiger partial charge in [-0.2, -0.15) is 31.6 Å². The third-order valence-electron chi connectivity index (χ3n) is 7.92. The highest BCUT2D eigenvalue weighted by Gasteiger charge is 2.28. The van der Waals surface area contributed by atoms with Crippen LogP contribution in [0.3, 0.4) is 0 Å². The lowest BCUT2D eigenvalue weighted by Crippen LogP contribution is -1.98. The first-order valence-corrected chi connectivity index (χ1v) is 17.3. The molecule has 0 spiro atoms. The van der Waals surface area contributed by atoms with Crippen molar-refractivity contribution in [1.29, 1.82) is 31.6 Å². The summed E-state index contributed by atoms with van der Waals surface area (Å²) in [5.74, 6) is -2.42. The average molecular weight is 682 g/mol. The molecule has 0 unspecified atom stereocenters. The number of thiophene rings is 2. The van der Waals surface area contributed by atoms with Crippen molar-refractivity contribution in [1.82, 2.24) is 0 Å². The van der Waals surface area contributed by atoms with Crippen LogP contribution in [0.1, 0.15) is 49.8 Å². The first-order chi connectivity index (χ1) is 24.0. The normalized spacial score (nSPS) is 11.7. The molecule has 6 nitrogen and oxygen atoms in total. The molecule has 5 aromatic rings. The van der Waals surface area contributed by atoms with Gasteiger partial charge in [-0.25, -0.2) is 0 Å². The minimum Gasteiger partial charge on any atom is -0.196 e. The number of benzene rings is 3. The second-order valence-electron chi connectivity index (χ2n) is 10.8. The number of nitrogens with zero attached hydrogens (tertiary/aromatic N) is 6. The van der Waals surface area contributed by atoms with E-state index in [-0.39, 0.29) is 0 Å². The van der Waals surface area contributed by atoms with E-state index >= 15 is 0 Å². The lowest BCUT2D eigenvalue weighted by Gasteiger charge is -2.04. The Bertz CT molecular complexity index is 2240. The molecule has 1 aliphatic rings. The number of rotatable bonds is 8. The lowest BCUT2D eigenvalue weighted by molar-refractivity contribution is 1.10. The molecule has 0 saturated carbocycles. The second kappa shape index (κ2) is 14.6. The van der Waals surface area contributed by atoms with Gasteiger partial charge in [0.1, 0.15) is 0 Å². The van der Waals surface area contributed by atoms with Crippen molar-refractivity contribution in [2.24, 2.45) is 0 Å². The van der Waals surface area contributed by atoms with Crippen molar-refractivity contribution in [2.45, 2.75) is 17.8 Å². The van der Waals surface area contributed by atoms with E-state index < -0.39 is 17.8 Å². The van der Waals surface area contributed by atoms with Crippen LogP contribution in [0.25, 0.3) is 26.5 Å². The summed E-state index contributed by atoms with van der Waals surface area (Å²) in [5, 5.41) is 55.7. The van der Waals surface area contributed by atoms with Crippen LogP contribution >= 0.6 is 22.7 Å². The van der Waals surface area contributed by atoms with E-state index in [1.165, 1.54) is 0 Å². The Morgan fingerprint density at radius 3 is 1.18 bits per heavy atom. The van der Waals surface area contributed by atoms with Gasteiger partial charge in [0.25, 0.3) is 0 Å². The minimum absolute atomic E-state index is 0.669. The molecule has 0 amide bonds. The summed E-state index contributed by atoms with van der Waals surface area (Å²) in [5.41, 5.74) is 6.08. The highest BCUT2D eigenvalue weighted by molar-refractivity contribution is 7.84. The maximum Gasteiger partial charge on any atom is 0.241 e. The molecule has 3 heterocycles. The topological polar surface area (TPSA) is 143 Å². The maximum absolute atomic E-state index is 9.29. The van der Waals surface area contributed by atoms with Crippen LogP contribution in [-0.2, 0) is 11.4 Å². The molecule has 0 radical (unpaired) electrons. The highest BCUT2D eigenvalue weighted by Crippen LogP contribution is 2.42. The van der Waals surface area contributed by atoms with E-state index in [2.05, 4.69) is 36.4 Å². The summed E-state index contributed by atoms with van der Waals surface area (Å²) in [4.78, 5) is 6.40. The van der Waals surface area contributed by atoms with Crippen molar-refractivity contribution in [3.8, 4) is 57.3 Å². The van der Waals surface area contributed by atoms with Crippen LogP contribution in [0, 0.1) is 68.0 Å². The Hall–Kier alpha value is -6.43. The van der Waals surface area contributed by atoms with Gasteiger partial charge in [0, 0.05) is 37.2 Å². The largest absolute Gasteiger partial charge is 0.241 e. The molecule has 49 heavy (non-hydrogen) atoms. The van der Waals surface area contributed by atoms with Crippen LogP contribution in [0.4, 0.5) is 0 Å². The summed E-state index contributed by atoms with van der Waals surface area (Å²) in [6, 6.07) is 43.2. The first-order valence-electron chi connectivity index (χ1n) is 14.9. The van der Waals surface area contributed by atoms with E-state index in [0.717, 1.165) is 51.5 Å². The zero-order valence-electron chi connectivity index (χ0n) is 25.5. The van der Waals surface area contributed by atoms with Gasteiger partial charge < -0.3 is 0 Å². The van der Waals surface area contributed by atoms with Crippen LogP contribution in [-0.4, -0.2) is 4.86 Å². The quantitative estimate of drug-likeness (QED) is 0.118. The Kier molecular flexibility index (Phi) is 9.65. The van der Waals surface area contributed by atoms with Gasteiger partial charge in [-0.1, -0.05) is 60.7 Å². The highest BCUT2D eigenvalue weighted by atomic mass is 32.1. The molecule has 0 atom stereocenters. The van der Waals surface area contributed by atoms with Gasteiger partial charge in [0.2, 0.25) is 21.1 Å². The average Bonchev–Trinajstić information content (AvgIpc) is 3.94. The number of nitriles is 6. The van der Waals surface area contributed by atoms with E-state index in [9.17, 15) is 31.6 Å². The Balaban J connectivity index is 1.39. The summed E-state index contributed by atoms with van der Waals surface area (Å²) < 4.78 is 0. The molecule has 0 aliphatic carbocycles. The van der Waals surface area contributed by atoms with Gasteiger partial charge in [0.15, 0.2) is 17.8 Å². The molecule has 3 aromatic carbocycles. The fourth-order valence-corrected chi connectivity index (χ4v) is 8.75. The first kappa shape index (κ1) is 32.5. The van der Waals surface area contributed by atoms with Crippen LogP contribution < -0.4 is 0 Å². The molecule has 1 aliphatic heterocycles. The monoisotopic (exact) mass is 681 g/mol. The fourth-order valence-electron chi connectivity index (χ4n) is 5.30. The zero-order chi connectivity index (χ0) is 34.3. The third kappa shape index (κ3) is 6.70. The molecule has 0 N–H and O–H groups in total. The minimum atomic E-state index is -0.806. The van der Waals surface area contributed by atoms with Crippen LogP contribution in [0.5, 0.6) is 0 Å². The van der Waals surface area contributed by atoms with Gasteiger partial charge in [-0.3, -0.25) is 0 Å². The molecule has 0 bridgehead atoms. The third-order valence-corrected chi connectivity index (χ3v) is 11.4. The van der Waals surface area contributed by atoms with E-state index in [1.807, 2.05) is 109 Å². The Morgan fingerprint density at radius 1 is 0.449 bits per heavy atom. The molecule has 6 rings (SSSR count). The Labute approximate surface area is 295 Å². The van der Waals surface area contributed by atoms with E-state index in [1.54, 1.807) is 34.0 Å². The summed E-state index contributed by atoms with van der Waals surface area (Å²) in [7, 11) is 0. The van der Waals surface area contributed by atoms with Gasteiger partial charge >= 0.3 is 0 Å². The summed E-state index contributed by atoms with van der Waals surface area (Å²) >= 11 is 4.99. The molecule has 0 saturated heterocycles. The van der Waals surface area contributed by atoms with Crippen molar-refractivity contribution >= 4 is 44.5 Å². The van der Waals surface area contributed by atoms with Gasteiger partial charge in [-0.05, 0) is 64.2 Å². The zero-order valence-corrected chi connectivity index (χ0v) is 28.0.